The van der Waals surface area contributed by atoms with Gasteiger partial charge in [-0.3, -0.25) is 0 Å². The Hall–Kier alpha value is -0.770. The monoisotopic (exact) mass is 240 g/mol. The minimum Gasteiger partial charge on any atom is -0.388 e. The van der Waals surface area contributed by atoms with E-state index in [4.69, 9.17) is 0 Å². The number of hydrogen-bond donors (Lipinski definition) is 3. The molecule has 2 aliphatic rings. The number of carbonyl (C=O) groups excluding carboxylic acids is 1. The Kier molecular flexibility index (Phi) is 3.92. The molecule has 0 heterocycles. The summed E-state index contributed by atoms with van der Waals surface area (Å²) in [5, 5.41) is 15.6. The quantitative estimate of drug-likeness (QED) is 0.704. The highest BCUT2D eigenvalue weighted by atomic mass is 16.3. The maximum absolute atomic E-state index is 11.6. The highest BCUT2D eigenvalue weighted by Gasteiger charge is 2.34. The van der Waals surface area contributed by atoms with Crippen LogP contribution < -0.4 is 10.6 Å². The molecule has 0 atom stereocenters. The van der Waals surface area contributed by atoms with Gasteiger partial charge in [-0.05, 0) is 50.9 Å². The van der Waals surface area contributed by atoms with Crippen molar-refractivity contribution in [1.82, 2.24) is 10.6 Å². The first-order valence-corrected chi connectivity index (χ1v) is 6.84. The van der Waals surface area contributed by atoms with Gasteiger partial charge in [0.1, 0.15) is 0 Å². The first-order chi connectivity index (χ1) is 8.07. The molecule has 2 amide bonds. The SMILES string of the molecule is CC1CCC(NC(=O)NCC2(O)CCC2)CC1. The lowest BCUT2D eigenvalue weighted by Gasteiger charge is -2.36. The zero-order valence-electron chi connectivity index (χ0n) is 10.7. The van der Waals surface area contributed by atoms with Crippen molar-refractivity contribution in [3.05, 3.63) is 0 Å². The number of urea groups is 1. The molecule has 17 heavy (non-hydrogen) atoms. The van der Waals surface area contributed by atoms with Gasteiger partial charge in [0, 0.05) is 12.6 Å². The Bertz CT molecular complexity index is 269. The van der Waals surface area contributed by atoms with Crippen LogP contribution in [0.1, 0.15) is 51.9 Å². The average molecular weight is 240 g/mol. The van der Waals surface area contributed by atoms with Gasteiger partial charge in [0.25, 0.3) is 0 Å². The number of hydrogen-bond acceptors (Lipinski definition) is 2. The molecule has 2 rings (SSSR count). The molecule has 4 nitrogen and oxygen atoms in total. The topological polar surface area (TPSA) is 61.4 Å². The first kappa shape index (κ1) is 12.7. The maximum atomic E-state index is 11.6. The van der Waals surface area contributed by atoms with Crippen LogP contribution in [0.5, 0.6) is 0 Å². The summed E-state index contributed by atoms with van der Waals surface area (Å²) in [5.41, 5.74) is -0.627. The van der Waals surface area contributed by atoms with Crippen LogP contribution in [0.2, 0.25) is 0 Å². The van der Waals surface area contributed by atoms with Crippen LogP contribution >= 0.6 is 0 Å². The third-order valence-electron chi connectivity index (χ3n) is 4.21. The van der Waals surface area contributed by atoms with Gasteiger partial charge in [-0.1, -0.05) is 6.92 Å². The second-order valence-corrected chi connectivity index (χ2v) is 5.86. The summed E-state index contributed by atoms with van der Waals surface area (Å²) in [6.45, 7) is 2.66. The number of carbonyl (C=O) groups is 1. The molecule has 0 spiro atoms. The molecule has 0 saturated heterocycles. The van der Waals surface area contributed by atoms with Crippen LogP contribution in [-0.4, -0.2) is 29.3 Å². The lowest BCUT2D eigenvalue weighted by molar-refractivity contribution is -0.0290. The van der Waals surface area contributed by atoms with E-state index >= 15 is 0 Å². The van der Waals surface area contributed by atoms with Gasteiger partial charge in [0.15, 0.2) is 0 Å². The third-order valence-corrected chi connectivity index (χ3v) is 4.21. The predicted octanol–water partition coefficient (Wildman–Crippen LogP) is 1.78. The molecule has 3 N–H and O–H groups in total. The van der Waals surface area contributed by atoms with Crippen LogP contribution in [0.3, 0.4) is 0 Å². The van der Waals surface area contributed by atoms with Gasteiger partial charge in [-0.25, -0.2) is 4.79 Å². The maximum Gasteiger partial charge on any atom is 0.315 e. The average Bonchev–Trinajstić information content (AvgIpc) is 2.27. The van der Waals surface area contributed by atoms with E-state index in [9.17, 15) is 9.90 Å². The molecule has 0 radical (unpaired) electrons. The molecule has 0 bridgehead atoms. The normalized spacial score (nSPS) is 31.4. The van der Waals surface area contributed by atoms with Crippen LogP contribution in [0.25, 0.3) is 0 Å². The van der Waals surface area contributed by atoms with Gasteiger partial charge in [0.05, 0.1) is 5.60 Å². The zero-order valence-corrected chi connectivity index (χ0v) is 10.7. The second kappa shape index (κ2) is 5.25. The van der Waals surface area contributed by atoms with Crippen LogP contribution in [0.15, 0.2) is 0 Å². The highest BCUT2D eigenvalue weighted by Crippen LogP contribution is 2.30. The summed E-state index contributed by atoms with van der Waals surface area (Å²) >= 11 is 0. The van der Waals surface area contributed by atoms with Crippen LogP contribution in [0.4, 0.5) is 4.79 Å². The summed E-state index contributed by atoms with van der Waals surface area (Å²) in [6, 6.07) is 0.201. The van der Waals surface area contributed by atoms with E-state index in [-0.39, 0.29) is 6.03 Å². The Morgan fingerprint density at radius 2 is 1.94 bits per heavy atom. The third kappa shape index (κ3) is 3.60. The smallest absolute Gasteiger partial charge is 0.315 e. The number of nitrogens with one attached hydrogen (secondary N) is 2. The van der Waals surface area contributed by atoms with E-state index in [1.807, 2.05) is 0 Å². The Morgan fingerprint density at radius 3 is 2.47 bits per heavy atom. The van der Waals surface area contributed by atoms with E-state index in [1.165, 1.54) is 12.8 Å². The molecule has 2 aliphatic carbocycles. The standard InChI is InChI=1S/C13H24N2O2/c1-10-3-5-11(6-4-10)15-12(16)14-9-13(17)7-2-8-13/h10-11,17H,2-9H2,1H3,(H2,14,15,16). The van der Waals surface area contributed by atoms with Crippen molar-refractivity contribution >= 4 is 6.03 Å². The Morgan fingerprint density at radius 1 is 1.29 bits per heavy atom. The minimum atomic E-state index is -0.627. The molecule has 0 aromatic heterocycles. The summed E-state index contributed by atoms with van der Waals surface area (Å²) in [7, 11) is 0. The highest BCUT2D eigenvalue weighted by molar-refractivity contribution is 5.74. The van der Waals surface area contributed by atoms with Crippen molar-refractivity contribution < 1.29 is 9.90 Å². The van der Waals surface area contributed by atoms with Crippen molar-refractivity contribution in [1.29, 1.82) is 0 Å². The lowest BCUT2D eigenvalue weighted by Crippen LogP contribution is -2.51. The van der Waals surface area contributed by atoms with E-state index < -0.39 is 5.60 Å². The summed E-state index contributed by atoms with van der Waals surface area (Å²) in [5.74, 6) is 0.798. The van der Waals surface area contributed by atoms with E-state index in [0.717, 1.165) is 38.0 Å². The fourth-order valence-electron chi connectivity index (χ4n) is 2.65. The molecule has 0 unspecified atom stereocenters. The van der Waals surface area contributed by atoms with Crippen LogP contribution in [-0.2, 0) is 0 Å². The molecular formula is C13H24N2O2. The molecular weight excluding hydrogens is 216 g/mol. The Labute approximate surface area is 103 Å². The number of rotatable bonds is 3. The Balaban J connectivity index is 1.63. The fourth-order valence-corrected chi connectivity index (χ4v) is 2.65. The summed E-state index contributed by atoms with van der Waals surface area (Å²) < 4.78 is 0. The number of amides is 2. The fraction of sp³-hybridized carbons (Fsp3) is 0.923. The molecule has 0 aliphatic heterocycles. The number of aliphatic hydroxyl groups is 1. The van der Waals surface area contributed by atoms with Gasteiger partial charge in [0.2, 0.25) is 0 Å². The van der Waals surface area contributed by atoms with E-state index in [1.54, 1.807) is 0 Å². The molecule has 2 saturated carbocycles. The summed E-state index contributed by atoms with van der Waals surface area (Å²) in [4.78, 5) is 11.6. The van der Waals surface area contributed by atoms with E-state index in [0.29, 0.717) is 12.6 Å². The van der Waals surface area contributed by atoms with Crippen molar-refractivity contribution in [3.8, 4) is 0 Å². The summed E-state index contributed by atoms with van der Waals surface area (Å²) in [6.07, 6.45) is 7.27. The minimum absolute atomic E-state index is 0.120. The second-order valence-electron chi connectivity index (χ2n) is 5.86. The predicted molar refractivity (Wildman–Crippen MR) is 66.8 cm³/mol. The zero-order chi connectivity index (χ0) is 12.3. The van der Waals surface area contributed by atoms with Crippen molar-refractivity contribution in [2.75, 3.05) is 6.54 Å². The molecule has 98 valence electrons. The first-order valence-electron chi connectivity index (χ1n) is 6.84. The van der Waals surface area contributed by atoms with Gasteiger partial charge in [-0.15, -0.1) is 0 Å². The lowest BCUT2D eigenvalue weighted by atomic mass is 9.80. The molecule has 0 aromatic rings. The van der Waals surface area contributed by atoms with Crippen molar-refractivity contribution in [2.45, 2.75) is 63.5 Å². The van der Waals surface area contributed by atoms with Crippen molar-refractivity contribution in [3.63, 3.8) is 0 Å². The van der Waals surface area contributed by atoms with Crippen molar-refractivity contribution in [2.24, 2.45) is 5.92 Å². The van der Waals surface area contributed by atoms with Crippen LogP contribution in [0, 0.1) is 5.92 Å². The molecule has 0 aromatic carbocycles. The van der Waals surface area contributed by atoms with Gasteiger partial charge >= 0.3 is 6.03 Å². The largest absolute Gasteiger partial charge is 0.388 e. The van der Waals surface area contributed by atoms with E-state index in [2.05, 4.69) is 17.6 Å². The van der Waals surface area contributed by atoms with Gasteiger partial charge < -0.3 is 15.7 Å². The molecule has 2 fully saturated rings. The van der Waals surface area contributed by atoms with Gasteiger partial charge in [-0.2, -0.15) is 0 Å². The molecule has 4 heteroatoms.